The molecule has 4 nitrogen and oxygen atoms in total. The molecule has 16 heavy (non-hydrogen) atoms. The number of rotatable bonds is 6. The number of methoxy groups -OCH3 is 1. The number of nitrogens with one attached hydrogen (secondary N) is 2. The zero-order valence-corrected chi connectivity index (χ0v) is 9.75. The maximum absolute atomic E-state index is 11.2. The van der Waals surface area contributed by atoms with E-state index in [1.807, 2.05) is 19.2 Å². The van der Waals surface area contributed by atoms with Crippen LogP contribution in [-0.4, -0.2) is 33.2 Å². The van der Waals surface area contributed by atoms with Crippen LogP contribution in [0, 0.1) is 0 Å². The van der Waals surface area contributed by atoms with Crippen LogP contribution in [0.5, 0.6) is 0 Å². The Balaban J connectivity index is 2.42. The van der Waals surface area contributed by atoms with Crippen LogP contribution in [0.3, 0.4) is 0 Å². The molecule has 0 aliphatic heterocycles. The van der Waals surface area contributed by atoms with Crippen molar-refractivity contribution in [2.75, 3.05) is 32.6 Å². The highest BCUT2D eigenvalue weighted by atomic mass is 16.5. The Kier molecular flexibility index (Phi) is 5.36. The Morgan fingerprint density at radius 3 is 2.50 bits per heavy atom. The van der Waals surface area contributed by atoms with Gasteiger partial charge in [0.15, 0.2) is 0 Å². The first-order chi connectivity index (χ1) is 7.77. The van der Waals surface area contributed by atoms with Gasteiger partial charge >= 0.3 is 5.97 Å². The third-order valence-electron chi connectivity index (χ3n) is 2.24. The van der Waals surface area contributed by atoms with Gasteiger partial charge in [0.1, 0.15) is 0 Å². The van der Waals surface area contributed by atoms with Crippen LogP contribution in [0.4, 0.5) is 5.69 Å². The van der Waals surface area contributed by atoms with Crippen LogP contribution in [0.2, 0.25) is 0 Å². The molecule has 0 spiro atoms. The molecule has 0 aromatic heterocycles. The van der Waals surface area contributed by atoms with Crippen molar-refractivity contribution in [2.45, 2.75) is 6.42 Å². The molecule has 0 aliphatic carbocycles. The number of ether oxygens (including phenoxy) is 1. The van der Waals surface area contributed by atoms with E-state index in [9.17, 15) is 4.79 Å². The number of hydrogen-bond acceptors (Lipinski definition) is 4. The highest BCUT2D eigenvalue weighted by molar-refractivity contribution is 5.89. The molecule has 0 heterocycles. The molecule has 0 aliphatic rings. The second-order valence-electron chi connectivity index (χ2n) is 3.45. The van der Waals surface area contributed by atoms with Gasteiger partial charge in [-0.1, -0.05) is 0 Å². The Labute approximate surface area is 96.0 Å². The number of anilines is 1. The van der Waals surface area contributed by atoms with Crippen molar-refractivity contribution >= 4 is 11.7 Å². The first-order valence-corrected chi connectivity index (χ1v) is 5.34. The summed E-state index contributed by atoms with van der Waals surface area (Å²) in [7, 11) is 3.32. The van der Waals surface area contributed by atoms with Crippen LogP contribution >= 0.6 is 0 Å². The fraction of sp³-hybridized carbons (Fsp3) is 0.417. The largest absolute Gasteiger partial charge is 0.465 e. The Bertz CT molecular complexity index is 322. The van der Waals surface area contributed by atoms with Crippen molar-refractivity contribution in [1.82, 2.24) is 5.32 Å². The lowest BCUT2D eigenvalue weighted by atomic mass is 10.2. The van der Waals surface area contributed by atoms with E-state index in [-0.39, 0.29) is 5.97 Å². The third-order valence-corrected chi connectivity index (χ3v) is 2.24. The average molecular weight is 222 g/mol. The number of carbonyl (C=O) groups excluding carboxylic acids is 1. The van der Waals surface area contributed by atoms with Gasteiger partial charge in [-0.3, -0.25) is 0 Å². The van der Waals surface area contributed by atoms with Gasteiger partial charge in [0.05, 0.1) is 12.7 Å². The molecule has 1 aromatic rings. The SMILES string of the molecule is CNCCCNc1ccc(C(=O)OC)cc1. The number of hydrogen-bond donors (Lipinski definition) is 2. The lowest BCUT2D eigenvalue weighted by Crippen LogP contribution is -2.12. The van der Waals surface area contributed by atoms with Gasteiger partial charge in [0, 0.05) is 12.2 Å². The number of benzene rings is 1. The highest BCUT2D eigenvalue weighted by Gasteiger charge is 2.03. The summed E-state index contributed by atoms with van der Waals surface area (Å²) in [6.45, 7) is 1.91. The van der Waals surface area contributed by atoms with E-state index in [4.69, 9.17) is 0 Å². The zero-order chi connectivity index (χ0) is 11.8. The van der Waals surface area contributed by atoms with Crippen LogP contribution < -0.4 is 10.6 Å². The summed E-state index contributed by atoms with van der Waals surface area (Å²) in [6, 6.07) is 7.27. The Hall–Kier alpha value is -1.55. The molecule has 0 saturated heterocycles. The van der Waals surface area contributed by atoms with Crippen molar-refractivity contribution in [1.29, 1.82) is 0 Å². The minimum atomic E-state index is -0.304. The molecule has 4 heteroatoms. The maximum atomic E-state index is 11.2. The topological polar surface area (TPSA) is 50.4 Å². The predicted molar refractivity (Wildman–Crippen MR) is 64.8 cm³/mol. The second-order valence-corrected chi connectivity index (χ2v) is 3.45. The third kappa shape index (κ3) is 3.90. The van der Waals surface area contributed by atoms with Gasteiger partial charge in [-0.2, -0.15) is 0 Å². The van der Waals surface area contributed by atoms with Gasteiger partial charge in [0.2, 0.25) is 0 Å². The molecule has 1 aromatic carbocycles. The average Bonchev–Trinajstić information content (AvgIpc) is 2.34. The van der Waals surface area contributed by atoms with Crippen molar-refractivity contribution in [3.8, 4) is 0 Å². The van der Waals surface area contributed by atoms with E-state index in [1.54, 1.807) is 12.1 Å². The number of carbonyl (C=O) groups is 1. The minimum Gasteiger partial charge on any atom is -0.465 e. The summed E-state index contributed by atoms with van der Waals surface area (Å²) >= 11 is 0. The fourth-order valence-corrected chi connectivity index (χ4v) is 1.34. The second kappa shape index (κ2) is 6.85. The van der Waals surface area contributed by atoms with Gasteiger partial charge in [-0.15, -0.1) is 0 Å². The first kappa shape index (κ1) is 12.5. The molecule has 2 N–H and O–H groups in total. The molecular formula is C12H18N2O2. The van der Waals surface area contributed by atoms with Crippen molar-refractivity contribution in [3.05, 3.63) is 29.8 Å². The van der Waals surface area contributed by atoms with Crippen LogP contribution in [0.1, 0.15) is 16.8 Å². The van der Waals surface area contributed by atoms with Gasteiger partial charge in [0.25, 0.3) is 0 Å². The predicted octanol–water partition coefficient (Wildman–Crippen LogP) is 1.49. The van der Waals surface area contributed by atoms with Crippen molar-refractivity contribution in [3.63, 3.8) is 0 Å². The Morgan fingerprint density at radius 1 is 1.25 bits per heavy atom. The molecule has 0 unspecified atom stereocenters. The molecule has 0 amide bonds. The molecule has 0 fully saturated rings. The summed E-state index contributed by atoms with van der Waals surface area (Å²) in [5.41, 5.74) is 1.59. The van der Waals surface area contributed by atoms with E-state index in [0.717, 1.165) is 25.2 Å². The Morgan fingerprint density at radius 2 is 1.94 bits per heavy atom. The molecule has 0 atom stereocenters. The molecule has 0 bridgehead atoms. The highest BCUT2D eigenvalue weighted by Crippen LogP contribution is 2.10. The van der Waals surface area contributed by atoms with Crippen LogP contribution in [-0.2, 0) is 4.74 Å². The van der Waals surface area contributed by atoms with Gasteiger partial charge < -0.3 is 15.4 Å². The van der Waals surface area contributed by atoms with Gasteiger partial charge in [-0.25, -0.2) is 4.79 Å². The summed E-state index contributed by atoms with van der Waals surface area (Å²) in [4.78, 5) is 11.2. The first-order valence-electron chi connectivity index (χ1n) is 5.34. The van der Waals surface area contributed by atoms with Gasteiger partial charge in [-0.05, 0) is 44.3 Å². The standard InChI is InChI=1S/C12H18N2O2/c1-13-8-3-9-14-11-6-4-10(5-7-11)12(15)16-2/h4-7,13-14H,3,8-9H2,1-2H3. The molecular weight excluding hydrogens is 204 g/mol. The van der Waals surface area contributed by atoms with Crippen LogP contribution in [0.15, 0.2) is 24.3 Å². The van der Waals surface area contributed by atoms with Crippen molar-refractivity contribution < 1.29 is 9.53 Å². The molecule has 0 radical (unpaired) electrons. The monoisotopic (exact) mass is 222 g/mol. The summed E-state index contributed by atoms with van der Waals surface area (Å²) in [5.74, 6) is -0.304. The summed E-state index contributed by atoms with van der Waals surface area (Å²) < 4.78 is 4.62. The maximum Gasteiger partial charge on any atom is 0.337 e. The quantitative estimate of drug-likeness (QED) is 0.565. The van der Waals surface area contributed by atoms with E-state index in [2.05, 4.69) is 15.4 Å². The van der Waals surface area contributed by atoms with E-state index in [1.165, 1.54) is 7.11 Å². The summed E-state index contributed by atoms with van der Waals surface area (Å²) in [5, 5.41) is 6.36. The van der Waals surface area contributed by atoms with Crippen LogP contribution in [0.25, 0.3) is 0 Å². The normalized spacial score (nSPS) is 9.88. The summed E-state index contributed by atoms with van der Waals surface area (Å²) in [6.07, 6.45) is 1.06. The van der Waals surface area contributed by atoms with Crippen molar-refractivity contribution in [2.24, 2.45) is 0 Å². The fourth-order valence-electron chi connectivity index (χ4n) is 1.34. The molecule has 1 rings (SSSR count). The minimum absolute atomic E-state index is 0.304. The van der Waals surface area contributed by atoms with E-state index < -0.39 is 0 Å². The lowest BCUT2D eigenvalue weighted by molar-refractivity contribution is 0.0601. The van der Waals surface area contributed by atoms with E-state index >= 15 is 0 Å². The smallest absolute Gasteiger partial charge is 0.337 e. The molecule has 88 valence electrons. The zero-order valence-electron chi connectivity index (χ0n) is 9.75. The number of esters is 1. The molecule has 0 saturated carbocycles. The van der Waals surface area contributed by atoms with E-state index in [0.29, 0.717) is 5.56 Å². The lowest BCUT2D eigenvalue weighted by Gasteiger charge is -2.06.